The molecule has 0 amide bonds. The Morgan fingerprint density at radius 2 is 2.04 bits per heavy atom. The van der Waals surface area contributed by atoms with Crippen LogP contribution in [0.25, 0.3) is 0 Å². The van der Waals surface area contributed by atoms with Gasteiger partial charge in [0.15, 0.2) is 5.96 Å². The molecule has 0 aromatic heterocycles. The highest BCUT2D eigenvalue weighted by Gasteiger charge is 2.34. The van der Waals surface area contributed by atoms with E-state index in [-0.39, 0.29) is 5.41 Å². The third-order valence-electron chi connectivity index (χ3n) is 4.72. The van der Waals surface area contributed by atoms with Crippen molar-refractivity contribution in [1.82, 2.24) is 10.6 Å². The third kappa shape index (κ3) is 5.38. The minimum atomic E-state index is 0.0405. The van der Waals surface area contributed by atoms with Gasteiger partial charge >= 0.3 is 0 Å². The smallest absolute Gasteiger partial charge is 0.191 e. The average molecular weight is 352 g/mol. The van der Waals surface area contributed by atoms with Crippen LogP contribution in [-0.4, -0.2) is 39.3 Å². The van der Waals surface area contributed by atoms with Gasteiger partial charge in [-0.05, 0) is 42.9 Å². The third-order valence-corrected chi connectivity index (χ3v) is 4.95. The fourth-order valence-electron chi connectivity index (χ4n) is 3.10. The lowest BCUT2D eigenvalue weighted by atomic mass is 9.74. The number of hydrogen-bond acceptors (Lipinski definition) is 2. The Morgan fingerprint density at radius 1 is 1.29 bits per heavy atom. The number of ether oxygens (including phenoxy) is 1. The molecule has 1 aromatic carbocycles. The fraction of sp³-hybridized carbons (Fsp3) is 0.632. The van der Waals surface area contributed by atoms with E-state index in [0.717, 1.165) is 56.5 Å². The zero-order valence-electron chi connectivity index (χ0n) is 15.1. The van der Waals surface area contributed by atoms with Gasteiger partial charge in [0.25, 0.3) is 0 Å². The molecule has 1 aromatic rings. The summed E-state index contributed by atoms with van der Waals surface area (Å²) in [5, 5.41) is 7.70. The van der Waals surface area contributed by atoms with Crippen molar-refractivity contribution in [1.29, 1.82) is 0 Å². The zero-order valence-corrected chi connectivity index (χ0v) is 15.8. The molecular weight excluding hydrogens is 322 g/mol. The largest absolute Gasteiger partial charge is 0.381 e. The number of hydrogen-bond donors (Lipinski definition) is 2. The number of rotatable bonds is 6. The van der Waals surface area contributed by atoms with Gasteiger partial charge < -0.3 is 15.4 Å². The molecule has 1 heterocycles. The predicted molar refractivity (Wildman–Crippen MR) is 102 cm³/mol. The van der Waals surface area contributed by atoms with Crippen LogP contribution in [0.4, 0.5) is 0 Å². The fourth-order valence-corrected chi connectivity index (χ4v) is 3.29. The molecule has 0 aliphatic carbocycles. The summed E-state index contributed by atoms with van der Waals surface area (Å²) in [5.74, 6) is 1.55. The van der Waals surface area contributed by atoms with Crippen molar-refractivity contribution < 1.29 is 4.74 Å². The second-order valence-electron chi connectivity index (χ2n) is 6.94. The maximum atomic E-state index is 6.23. The minimum absolute atomic E-state index is 0.0405. The van der Waals surface area contributed by atoms with E-state index in [1.807, 2.05) is 19.2 Å². The van der Waals surface area contributed by atoms with Crippen LogP contribution in [0.2, 0.25) is 5.02 Å². The van der Waals surface area contributed by atoms with Crippen molar-refractivity contribution in [3.05, 3.63) is 34.9 Å². The van der Waals surface area contributed by atoms with Crippen LogP contribution in [0.15, 0.2) is 29.3 Å². The van der Waals surface area contributed by atoms with E-state index < -0.39 is 0 Å². The van der Waals surface area contributed by atoms with Gasteiger partial charge in [-0.25, -0.2) is 0 Å². The molecule has 1 fully saturated rings. The van der Waals surface area contributed by atoms with Crippen LogP contribution in [0.5, 0.6) is 0 Å². The predicted octanol–water partition coefficient (Wildman–Crippen LogP) is 3.60. The molecule has 1 aliphatic rings. The van der Waals surface area contributed by atoms with E-state index in [2.05, 4.69) is 41.6 Å². The van der Waals surface area contributed by atoms with Crippen molar-refractivity contribution in [3.8, 4) is 0 Å². The molecule has 24 heavy (non-hydrogen) atoms. The van der Waals surface area contributed by atoms with Gasteiger partial charge in [0, 0.05) is 43.8 Å². The van der Waals surface area contributed by atoms with E-state index >= 15 is 0 Å². The molecule has 4 nitrogen and oxygen atoms in total. The average Bonchev–Trinajstić information content (AvgIpc) is 2.58. The molecule has 0 atom stereocenters. The molecule has 1 aliphatic heterocycles. The molecule has 1 saturated heterocycles. The molecule has 0 unspecified atom stereocenters. The van der Waals surface area contributed by atoms with Crippen LogP contribution in [0, 0.1) is 5.92 Å². The molecular formula is C19H30ClN3O. The Kier molecular flexibility index (Phi) is 7.38. The second kappa shape index (κ2) is 9.28. The highest BCUT2D eigenvalue weighted by molar-refractivity contribution is 6.30. The standard InChI is InChI=1S/C19H30ClN3O/c1-15(2)7-10-22-18(21-3)23-14-19(8-11-24-12-9-19)16-5-4-6-17(20)13-16/h4-6,13,15H,7-12,14H2,1-3H3,(H2,21,22,23). The van der Waals surface area contributed by atoms with E-state index in [9.17, 15) is 0 Å². The molecule has 0 saturated carbocycles. The topological polar surface area (TPSA) is 45.7 Å². The molecule has 0 bridgehead atoms. The molecule has 0 spiro atoms. The molecule has 0 radical (unpaired) electrons. The first kappa shape index (κ1) is 19.1. The summed E-state index contributed by atoms with van der Waals surface area (Å²) in [7, 11) is 1.82. The Balaban J connectivity index is 2.03. The lowest BCUT2D eigenvalue weighted by molar-refractivity contribution is 0.0514. The van der Waals surface area contributed by atoms with Crippen LogP contribution in [0.1, 0.15) is 38.7 Å². The summed E-state index contributed by atoms with van der Waals surface area (Å²) < 4.78 is 5.59. The highest BCUT2D eigenvalue weighted by atomic mass is 35.5. The van der Waals surface area contributed by atoms with Crippen molar-refractivity contribution >= 4 is 17.6 Å². The first-order valence-corrected chi connectivity index (χ1v) is 9.22. The highest BCUT2D eigenvalue weighted by Crippen LogP contribution is 2.35. The maximum Gasteiger partial charge on any atom is 0.191 e. The Morgan fingerprint density at radius 3 is 2.67 bits per heavy atom. The van der Waals surface area contributed by atoms with Gasteiger partial charge in [-0.2, -0.15) is 0 Å². The van der Waals surface area contributed by atoms with Gasteiger partial charge in [0.05, 0.1) is 0 Å². The van der Waals surface area contributed by atoms with Gasteiger partial charge in [-0.15, -0.1) is 0 Å². The molecule has 5 heteroatoms. The summed E-state index contributed by atoms with van der Waals surface area (Å²) in [6.07, 6.45) is 3.11. The van der Waals surface area contributed by atoms with Gasteiger partial charge in [-0.1, -0.05) is 37.6 Å². The molecule has 134 valence electrons. The molecule has 2 N–H and O–H groups in total. The van der Waals surface area contributed by atoms with E-state index in [4.69, 9.17) is 16.3 Å². The number of halogens is 1. The normalized spacial score (nSPS) is 17.8. The SMILES string of the molecule is CN=C(NCCC(C)C)NCC1(c2cccc(Cl)c2)CCOCC1. The number of nitrogens with zero attached hydrogens (tertiary/aromatic N) is 1. The van der Waals surface area contributed by atoms with Crippen molar-refractivity contribution in [2.24, 2.45) is 10.9 Å². The first-order valence-electron chi connectivity index (χ1n) is 8.84. The summed E-state index contributed by atoms with van der Waals surface area (Å²) in [4.78, 5) is 4.35. The summed E-state index contributed by atoms with van der Waals surface area (Å²) in [6, 6.07) is 8.22. The number of nitrogens with one attached hydrogen (secondary N) is 2. The van der Waals surface area contributed by atoms with Crippen LogP contribution >= 0.6 is 11.6 Å². The summed E-state index contributed by atoms with van der Waals surface area (Å²) in [6.45, 7) is 7.80. The van der Waals surface area contributed by atoms with Crippen molar-refractivity contribution in [3.63, 3.8) is 0 Å². The number of benzene rings is 1. The number of aliphatic imine (C=N–C) groups is 1. The molecule has 2 rings (SSSR count). The van der Waals surface area contributed by atoms with E-state index in [1.54, 1.807) is 0 Å². The van der Waals surface area contributed by atoms with E-state index in [1.165, 1.54) is 5.56 Å². The van der Waals surface area contributed by atoms with Gasteiger partial charge in [0.1, 0.15) is 0 Å². The zero-order chi connectivity index (χ0) is 17.4. The van der Waals surface area contributed by atoms with Gasteiger partial charge in [0.2, 0.25) is 0 Å². The Bertz CT molecular complexity index is 539. The Labute approximate surface area is 151 Å². The quantitative estimate of drug-likeness (QED) is 0.608. The monoisotopic (exact) mass is 351 g/mol. The Hall–Kier alpha value is -1.26. The lowest BCUT2D eigenvalue weighted by Gasteiger charge is -2.38. The summed E-state index contributed by atoms with van der Waals surface area (Å²) in [5.41, 5.74) is 1.32. The maximum absolute atomic E-state index is 6.23. The first-order chi connectivity index (χ1) is 11.6. The number of guanidine groups is 1. The van der Waals surface area contributed by atoms with Crippen LogP contribution in [0.3, 0.4) is 0 Å². The van der Waals surface area contributed by atoms with Crippen LogP contribution in [-0.2, 0) is 10.2 Å². The van der Waals surface area contributed by atoms with Crippen molar-refractivity contribution in [2.45, 2.75) is 38.5 Å². The van der Waals surface area contributed by atoms with E-state index in [0.29, 0.717) is 5.92 Å². The summed E-state index contributed by atoms with van der Waals surface area (Å²) >= 11 is 6.23. The van der Waals surface area contributed by atoms with Gasteiger partial charge in [-0.3, -0.25) is 4.99 Å². The minimum Gasteiger partial charge on any atom is -0.381 e. The second-order valence-corrected chi connectivity index (χ2v) is 7.37. The van der Waals surface area contributed by atoms with Crippen LogP contribution < -0.4 is 10.6 Å². The van der Waals surface area contributed by atoms with Crippen molar-refractivity contribution in [2.75, 3.05) is 33.4 Å². The lowest BCUT2D eigenvalue weighted by Crippen LogP contribution is -2.48.